The van der Waals surface area contributed by atoms with E-state index in [-0.39, 0.29) is 12.1 Å². The van der Waals surface area contributed by atoms with Crippen LogP contribution in [0.15, 0.2) is 54.6 Å². The van der Waals surface area contributed by atoms with Gasteiger partial charge in [0.2, 0.25) is 0 Å². The normalized spacial score (nSPS) is 20.4. The van der Waals surface area contributed by atoms with Crippen molar-refractivity contribution in [3.05, 3.63) is 60.2 Å². The number of ether oxygens (including phenoxy) is 1. The van der Waals surface area contributed by atoms with Gasteiger partial charge in [0.1, 0.15) is 6.10 Å². The molecule has 2 rings (SSSR count). The van der Waals surface area contributed by atoms with Gasteiger partial charge >= 0.3 is 5.97 Å². The molecule has 2 N–H and O–H groups in total. The van der Waals surface area contributed by atoms with E-state index >= 15 is 0 Å². The molecule has 0 bridgehead atoms. The number of hydrogen-bond acceptors (Lipinski definition) is 4. The second kappa shape index (κ2) is 9.28. The third-order valence-electron chi connectivity index (χ3n) is 3.80. The van der Waals surface area contributed by atoms with E-state index in [2.05, 4.69) is 0 Å². The predicted molar refractivity (Wildman–Crippen MR) is 88.8 cm³/mol. The van der Waals surface area contributed by atoms with Gasteiger partial charge in [0, 0.05) is 12.5 Å². The van der Waals surface area contributed by atoms with Gasteiger partial charge in [-0.05, 0) is 37.3 Å². The number of carbonyl (C=O) groups is 1. The lowest BCUT2D eigenvalue weighted by Gasteiger charge is -2.16. The molecule has 1 aromatic carbocycles. The van der Waals surface area contributed by atoms with E-state index in [1.807, 2.05) is 36.4 Å². The smallest absolute Gasteiger partial charge is 0.331 e. The molecule has 0 aromatic heterocycles. The molecule has 0 saturated heterocycles. The Labute approximate surface area is 137 Å². The van der Waals surface area contributed by atoms with Crippen molar-refractivity contribution in [1.82, 2.24) is 0 Å². The fraction of sp³-hybridized carbons (Fsp3) is 0.421. The van der Waals surface area contributed by atoms with Crippen LogP contribution in [-0.2, 0) is 16.0 Å². The molecule has 0 radical (unpaired) electrons. The zero-order valence-electron chi connectivity index (χ0n) is 13.2. The van der Waals surface area contributed by atoms with Gasteiger partial charge in [-0.2, -0.15) is 0 Å². The summed E-state index contributed by atoms with van der Waals surface area (Å²) in [5.74, 6) is -0.331. The van der Waals surface area contributed by atoms with E-state index in [0.717, 1.165) is 6.42 Å². The monoisotopic (exact) mass is 316 g/mol. The van der Waals surface area contributed by atoms with Gasteiger partial charge in [0.25, 0.3) is 0 Å². The van der Waals surface area contributed by atoms with Crippen LogP contribution in [0.3, 0.4) is 0 Å². The topological polar surface area (TPSA) is 66.8 Å². The van der Waals surface area contributed by atoms with Crippen molar-refractivity contribution in [2.45, 2.75) is 50.4 Å². The van der Waals surface area contributed by atoms with Crippen molar-refractivity contribution in [3.63, 3.8) is 0 Å². The lowest BCUT2D eigenvalue weighted by Crippen LogP contribution is -2.19. The third kappa shape index (κ3) is 6.80. The number of aliphatic hydroxyl groups excluding tert-OH is 2. The summed E-state index contributed by atoms with van der Waals surface area (Å²) in [6.07, 6.45) is 8.34. The van der Waals surface area contributed by atoms with Gasteiger partial charge in [-0.15, -0.1) is 0 Å². The highest BCUT2D eigenvalue weighted by Crippen LogP contribution is 2.13. The summed E-state index contributed by atoms with van der Waals surface area (Å²) in [6.45, 7) is 0. The molecular weight excluding hydrogens is 292 g/mol. The summed E-state index contributed by atoms with van der Waals surface area (Å²) < 4.78 is 5.09. The number of benzene rings is 1. The molecule has 0 spiro atoms. The molecule has 0 fully saturated rings. The minimum Gasteiger partial charge on any atom is -0.455 e. The maximum Gasteiger partial charge on any atom is 0.331 e. The lowest BCUT2D eigenvalue weighted by atomic mass is 10.0. The largest absolute Gasteiger partial charge is 0.455 e. The van der Waals surface area contributed by atoms with Gasteiger partial charge in [-0.3, -0.25) is 0 Å². The standard InChI is InChI=1S/C19H24O4/c20-16(8-4-9-18-10-5-11-19(22)23-18)14-17(21)13-12-15-6-2-1-3-7-15/h1-7,9,11,16-18,20-21H,8,10,12-14H2/t16-,17-,18+/m1/s1. The van der Waals surface area contributed by atoms with E-state index in [4.69, 9.17) is 4.74 Å². The van der Waals surface area contributed by atoms with Gasteiger partial charge in [-0.25, -0.2) is 4.79 Å². The summed E-state index contributed by atoms with van der Waals surface area (Å²) in [7, 11) is 0. The average molecular weight is 316 g/mol. The molecule has 4 heteroatoms. The fourth-order valence-corrected chi connectivity index (χ4v) is 2.55. The van der Waals surface area contributed by atoms with E-state index in [1.54, 1.807) is 12.2 Å². The maximum absolute atomic E-state index is 11.1. The highest BCUT2D eigenvalue weighted by molar-refractivity contribution is 5.82. The van der Waals surface area contributed by atoms with Crippen LogP contribution in [0.5, 0.6) is 0 Å². The highest BCUT2D eigenvalue weighted by atomic mass is 16.5. The Hall–Kier alpha value is -1.91. The molecule has 124 valence electrons. The Morgan fingerprint density at radius 1 is 1.22 bits per heavy atom. The number of cyclic esters (lactones) is 1. The van der Waals surface area contributed by atoms with Crippen molar-refractivity contribution in [1.29, 1.82) is 0 Å². The number of esters is 1. The zero-order valence-corrected chi connectivity index (χ0v) is 13.2. The van der Waals surface area contributed by atoms with Gasteiger partial charge in [0.05, 0.1) is 12.2 Å². The summed E-state index contributed by atoms with van der Waals surface area (Å²) in [4.78, 5) is 11.1. The first-order valence-electron chi connectivity index (χ1n) is 8.07. The molecule has 23 heavy (non-hydrogen) atoms. The van der Waals surface area contributed by atoms with E-state index in [0.29, 0.717) is 25.7 Å². The molecule has 4 nitrogen and oxygen atoms in total. The average Bonchev–Trinajstić information content (AvgIpc) is 2.54. The van der Waals surface area contributed by atoms with Crippen LogP contribution in [0.25, 0.3) is 0 Å². The van der Waals surface area contributed by atoms with Gasteiger partial charge in [-0.1, -0.05) is 42.5 Å². The SMILES string of the molecule is O=C1C=CC[C@H](C=CC[C@@H](O)C[C@H](O)CCc2ccccc2)O1. The minimum atomic E-state index is -0.591. The van der Waals surface area contributed by atoms with E-state index in [1.165, 1.54) is 11.6 Å². The van der Waals surface area contributed by atoms with Crippen LogP contribution in [0.1, 0.15) is 31.2 Å². The molecule has 0 aliphatic carbocycles. The van der Waals surface area contributed by atoms with Crippen LogP contribution in [-0.4, -0.2) is 34.5 Å². The highest BCUT2D eigenvalue weighted by Gasteiger charge is 2.14. The lowest BCUT2D eigenvalue weighted by molar-refractivity contribution is -0.141. The number of aryl methyl sites for hydroxylation is 1. The number of aliphatic hydroxyl groups is 2. The molecule has 1 aromatic rings. The Bertz CT molecular complexity index is 536. The van der Waals surface area contributed by atoms with Crippen molar-refractivity contribution in [2.24, 2.45) is 0 Å². The number of carbonyl (C=O) groups excluding carboxylic acids is 1. The van der Waals surface area contributed by atoms with Crippen molar-refractivity contribution in [2.75, 3.05) is 0 Å². The molecule has 3 atom stereocenters. The molecule has 1 aliphatic heterocycles. The number of hydrogen-bond donors (Lipinski definition) is 2. The van der Waals surface area contributed by atoms with Gasteiger partial charge in [0.15, 0.2) is 0 Å². The van der Waals surface area contributed by atoms with Crippen LogP contribution in [0.4, 0.5) is 0 Å². The first-order chi connectivity index (χ1) is 11.1. The predicted octanol–water partition coefficient (Wildman–Crippen LogP) is 2.55. The Morgan fingerprint density at radius 2 is 2.00 bits per heavy atom. The van der Waals surface area contributed by atoms with Crippen molar-refractivity contribution >= 4 is 5.97 Å². The molecule has 1 heterocycles. The molecule has 0 unspecified atom stereocenters. The minimum absolute atomic E-state index is 0.247. The maximum atomic E-state index is 11.1. The summed E-state index contributed by atoms with van der Waals surface area (Å²) in [6, 6.07) is 10.00. The quantitative estimate of drug-likeness (QED) is 0.571. The summed E-state index contributed by atoms with van der Waals surface area (Å²) >= 11 is 0. The number of rotatable bonds is 8. The van der Waals surface area contributed by atoms with E-state index < -0.39 is 12.2 Å². The second-order valence-electron chi connectivity index (χ2n) is 5.84. The van der Waals surface area contributed by atoms with Crippen molar-refractivity contribution in [3.8, 4) is 0 Å². The first-order valence-corrected chi connectivity index (χ1v) is 8.07. The van der Waals surface area contributed by atoms with Crippen LogP contribution in [0, 0.1) is 0 Å². The summed E-state index contributed by atoms with van der Waals surface area (Å²) in [5, 5.41) is 20.0. The Kier molecular flexibility index (Phi) is 7.04. The van der Waals surface area contributed by atoms with Crippen LogP contribution >= 0.6 is 0 Å². The Morgan fingerprint density at radius 3 is 2.74 bits per heavy atom. The van der Waals surface area contributed by atoms with Crippen LogP contribution < -0.4 is 0 Å². The molecular formula is C19H24O4. The zero-order chi connectivity index (χ0) is 16.5. The van der Waals surface area contributed by atoms with E-state index in [9.17, 15) is 15.0 Å². The molecule has 1 aliphatic rings. The first kappa shape index (κ1) is 17.4. The van der Waals surface area contributed by atoms with Crippen LogP contribution in [0.2, 0.25) is 0 Å². The third-order valence-corrected chi connectivity index (χ3v) is 3.80. The molecule has 0 saturated carbocycles. The summed E-state index contributed by atoms with van der Waals surface area (Å²) in [5.41, 5.74) is 1.19. The Balaban J connectivity index is 1.64. The second-order valence-corrected chi connectivity index (χ2v) is 5.84. The molecule has 0 amide bonds. The van der Waals surface area contributed by atoms with Crippen molar-refractivity contribution < 1.29 is 19.7 Å². The fourth-order valence-electron chi connectivity index (χ4n) is 2.55. The van der Waals surface area contributed by atoms with Gasteiger partial charge < -0.3 is 14.9 Å².